The molecule has 0 aliphatic rings. The SMILES string of the molecule is COc1ccc(-n2c(=S)[nH]c3ccccc32)cc1C. The second kappa shape index (κ2) is 4.55. The van der Waals surface area contributed by atoms with E-state index < -0.39 is 0 Å². The van der Waals surface area contributed by atoms with E-state index in [1.165, 1.54) is 0 Å². The molecular formula is C15H14N2OS. The van der Waals surface area contributed by atoms with E-state index in [0.717, 1.165) is 28.0 Å². The van der Waals surface area contributed by atoms with Crippen LogP contribution in [0.15, 0.2) is 42.5 Å². The number of hydrogen-bond donors (Lipinski definition) is 1. The maximum Gasteiger partial charge on any atom is 0.182 e. The molecular weight excluding hydrogens is 256 g/mol. The van der Waals surface area contributed by atoms with Gasteiger partial charge in [0.2, 0.25) is 0 Å². The first-order chi connectivity index (χ1) is 9.20. The summed E-state index contributed by atoms with van der Waals surface area (Å²) in [6.07, 6.45) is 0. The van der Waals surface area contributed by atoms with E-state index in [2.05, 4.69) is 17.1 Å². The molecule has 0 aliphatic carbocycles. The van der Waals surface area contributed by atoms with Crippen LogP contribution < -0.4 is 4.74 Å². The lowest BCUT2D eigenvalue weighted by Gasteiger charge is -2.09. The van der Waals surface area contributed by atoms with Gasteiger partial charge in [0.05, 0.1) is 18.1 Å². The molecule has 0 fully saturated rings. The zero-order valence-electron chi connectivity index (χ0n) is 10.8. The zero-order valence-corrected chi connectivity index (χ0v) is 11.6. The molecule has 3 aromatic rings. The Hall–Kier alpha value is -2.07. The Morgan fingerprint density at radius 2 is 1.95 bits per heavy atom. The van der Waals surface area contributed by atoms with E-state index in [9.17, 15) is 0 Å². The lowest BCUT2D eigenvalue weighted by molar-refractivity contribution is 0.411. The highest BCUT2D eigenvalue weighted by molar-refractivity contribution is 7.71. The lowest BCUT2D eigenvalue weighted by atomic mass is 10.2. The van der Waals surface area contributed by atoms with Crippen molar-refractivity contribution in [1.29, 1.82) is 0 Å². The number of aromatic nitrogens is 2. The molecule has 0 aliphatic heterocycles. The number of aromatic amines is 1. The molecule has 1 aromatic heterocycles. The highest BCUT2D eigenvalue weighted by Crippen LogP contribution is 2.24. The van der Waals surface area contributed by atoms with Gasteiger partial charge in [-0.15, -0.1) is 0 Å². The van der Waals surface area contributed by atoms with Crippen LogP contribution in [-0.4, -0.2) is 16.7 Å². The summed E-state index contributed by atoms with van der Waals surface area (Å²) in [7, 11) is 1.68. The van der Waals surface area contributed by atoms with Gasteiger partial charge in [-0.1, -0.05) is 12.1 Å². The second-order valence-corrected chi connectivity index (χ2v) is 4.82. The van der Waals surface area contributed by atoms with E-state index in [4.69, 9.17) is 17.0 Å². The van der Waals surface area contributed by atoms with Crippen molar-refractivity contribution in [3.8, 4) is 11.4 Å². The predicted octanol–water partition coefficient (Wildman–Crippen LogP) is 4.01. The Bertz CT molecular complexity index is 801. The summed E-state index contributed by atoms with van der Waals surface area (Å²) in [6.45, 7) is 2.03. The second-order valence-electron chi connectivity index (χ2n) is 4.44. The van der Waals surface area contributed by atoms with Crippen LogP contribution in [-0.2, 0) is 0 Å². The van der Waals surface area contributed by atoms with Crippen molar-refractivity contribution in [2.75, 3.05) is 7.11 Å². The monoisotopic (exact) mass is 270 g/mol. The molecule has 1 N–H and O–H groups in total. The predicted molar refractivity (Wildman–Crippen MR) is 79.7 cm³/mol. The number of H-pyrrole nitrogens is 1. The molecule has 0 saturated carbocycles. The van der Waals surface area contributed by atoms with E-state index in [1.807, 2.05) is 41.8 Å². The first-order valence-electron chi connectivity index (χ1n) is 6.05. The van der Waals surface area contributed by atoms with Crippen LogP contribution in [0.4, 0.5) is 0 Å². The summed E-state index contributed by atoms with van der Waals surface area (Å²) >= 11 is 5.42. The molecule has 0 saturated heterocycles. The van der Waals surface area contributed by atoms with E-state index in [1.54, 1.807) is 7.11 Å². The van der Waals surface area contributed by atoms with Crippen molar-refractivity contribution in [3.05, 3.63) is 52.8 Å². The highest BCUT2D eigenvalue weighted by Gasteiger charge is 2.07. The van der Waals surface area contributed by atoms with Crippen LogP contribution in [0.3, 0.4) is 0 Å². The quantitative estimate of drug-likeness (QED) is 0.713. The molecule has 4 heteroatoms. The number of methoxy groups -OCH3 is 1. The van der Waals surface area contributed by atoms with Gasteiger partial charge in [-0.05, 0) is 55.0 Å². The van der Waals surface area contributed by atoms with Crippen molar-refractivity contribution < 1.29 is 4.74 Å². The molecule has 0 atom stereocenters. The topological polar surface area (TPSA) is 29.9 Å². The third kappa shape index (κ3) is 1.94. The summed E-state index contributed by atoms with van der Waals surface area (Å²) in [5.74, 6) is 0.884. The molecule has 3 rings (SSSR count). The summed E-state index contributed by atoms with van der Waals surface area (Å²) in [6, 6.07) is 14.2. The first kappa shape index (κ1) is 12.0. The summed E-state index contributed by atoms with van der Waals surface area (Å²) in [5.41, 5.74) is 4.26. The van der Waals surface area contributed by atoms with Crippen LogP contribution in [0.5, 0.6) is 5.75 Å². The summed E-state index contributed by atoms with van der Waals surface area (Å²) in [5, 5.41) is 0. The van der Waals surface area contributed by atoms with Gasteiger partial charge in [0.15, 0.2) is 4.77 Å². The van der Waals surface area contributed by atoms with Gasteiger partial charge in [-0.25, -0.2) is 0 Å². The Morgan fingerprint density at radius 3 is 2.68 bits per heavy atom. The molecule has 1 heterocycles. The minimum Gasteiger partial charge on any atom is -0.496 e. The van der Waals surface area contributed by atoms with Gasteiger partial charge in [0, 0.05) is 5.69 Å². The van der Waals surface area contributed by atoms with Gasteiger partial charge in [-0.2, -0.15) is 0 Å². The van der Waals surface area contributed by atoms with E-state index >= 15 is 0 Å². The maximum atomic E-state index is 5.42. The molecule has 96 valence electrons. The molecule has 2 aromatic carbocycles. The number of aryl methyl sites for hydroxylation is 1. The summed E-state index contributed by atoms with van der Waals surface area (Å²) in [4.78, 5) is 3.22. The number of nitrogens with zero attached hydrogens (tertiary/aromatic N) is 1. The average molecular weight is 270 g/mol. The van der Waals surface area contributed by atoms with Gasteiger partial charge in [0.25, 0.3) is 0 Å². The third-order valence-electron chi connectivity index (χ3n) is 3.23. The van der Waals surface area contributed by atoms with Crippen LogP contribution in [0.25, 0.3) is 16.7 Å². The molecule has 0 radical (unpaired) electrons. The van der Waals surface area contributed by atoms with Gasteiger partial charge >= 0.3 is 0 Å². The van der Waals surface area contributed by atoms with Crippen LogP contribution >= 0.6 is 12.2 Å². The number of hydrogen-bond acceptors (Lipinski definition) is 2. The third-order valence-corrected chi connectivity index (χ3v) is 3.51. The Balaban J connectivity index is 2.27. The molecule has 0 amide bonds. The minimum absolute atomic E-state index is 0.700. The number of nitrogens with one attached hydrogen (secondary N) is 1. The fourth-order valence-corrected chi connectivity index (χ4v) is 2.63. The highest BCUT2D eigenvalue weighted by atomic mass is 32.1. The number of fused-ring (bicyclic) bond motifs is 1. The van der Waals surface area contributed by atoms with Gasteiger partial charge in [-0.3, -0.25) is 4.57 Å². The Morgan fingerprint density at radius 1 is 1.16 bits per heavy atom. The molecule has 19 heavy (non-hydrogen) atoms. The van der Waals surface area contributed by atoms with Crippen LogP contribution in [0, 0.1) is 11.7 Å². The summed E-state index contributed by atoms with van der Waals surface area (Å²) < 4.78 is 8.03. The largest absolute Gasteiger partial charge is 0.496 e. The fraction of sp³-hybridized carbons (Fsp3) is 0.133. The number of para-hydroxylation sites is 2. The Kier molecular flexibility index (Phi) is 2.87. The fourth-order valence-electron chi connectivity index (χ4n) is 2.31. The number of imidazole rings is 1. The van der Waals surface area contributed by atoms with E-state index in [0.29, 0.717) is 4.77 Å². The number of rotatable bonds is 2. The maximum absolute atomic E-state index is 5.42. The standard InChI is InChI=1S/C15H14N2OS/c1-10-9-11(7-8-14(10)18-2)17-13-6-4-3-5-12(13)16-15(17)19/h3-9H,1-2H3,(H,16,19). The van der Waals surface area contributed by atoms with Crippen molar-refractivity contribution in [3.63, 3.8) is 0 Å². The first-order valence-corrected chi connectivity index (χ1v) is 6.46. The number of ether oxygens (including phenoxy) is 1. The van der Waals surface area contributed by atoms with Crippen LogP contribution in [0.1, 0.15) is 5.56 Å². The van der Waals surface area contributed by atoms with Gasteiger partial charge < -0.3 is 9.72 Å². The Labute approximate surface area is 116 Å². The lowest BCUT2D eigenvalue weighted by Crippen LogP contribution is -1.96. The van der Waals surface area contributed by atoms with Crippen molar-refractivity contribution in [1.82, 2.24) is 9.55 Å². The average Bonchev–Trinajstić information content (AvgIpc) is 2.74. The normalized spacial score (nSPS) is 10.8. The van der Waals surface area contributed by atoms with Crippen molar-refractivity contribution >= 4 is 23.3 Å². The number of benzene rings is 2. The molecule has 3 nitrogen and oxygen atoms in total. The van der Waals surface area contributed by atoms with E-state index in [-0.39, 0.29) is 0 Å². The van der Waals surface area contributed by atoms with Gasteiger partial charge in [0.1, 0.15) is 5.75 Å². The van der Waals surface area contributed by atoms with Crippen molar-refractivity contribution in [2.24, 2.45) is 0 Å². The molecule has 0 unspecified atom stereocenters. The van der Waals surface area contributed by atoms with Crippen molar-refractivity contribution in [2.45, 2.75) is 6.92 Å². The molecule has 0 spiro atoms. The molecule has 0 bridgehead atoms. The van der Waals surface area contributed by atoms with Crippen LogP contribution in [0.2, 0.25) is 0 Å². The minimum atomic E-state index is 0.700. The smallest absolute Gasteiger partial charge is 0.182 e. The zero-order chi connectivity index (χ0) is 13.4.